The summed E-state index contributed by atoms with van der Waals surface area (Å²) in [4.78, 5) is 25.1. The van der Waals surface area contributed by atoms with Crippen molar-refractivity contribution < 1.29 is 14.3 Å². The van der Waals surface area contributed by atoms with Gasteiger partial charge in [0.15, 0.2) is 0 Å². The molecule has 0 spiro atoms. The van der Waals surface area contributed by atoms with Gasteiger partial charge in [0.1, 0.15) is 5.75 Å². The van der Waals surface area contributed by atoms with Crippen molar-refractivity contribution in [2.24, 2.45) is 0 Å². The fourth-order valence-electron chi connectivity index (χ4n) is 2.41. The predicted molar refractivity (Wildman–Crippen MR) is 93.7 cm³/mol. The number of nitrogens with one attached hydrogen (secondary N) is 2. The Bertz CT molecular complexity index is 850. The van der Waals surface area contributed by atoms with Crippen molar-refractivity contribution in [3.05, 3.63) is 52.5 Å². The third-order valence-electron chi connectivity index (χ3n) is 3.99. The monoisotopic (exact) mass is 344 g/mol. The first kappa shape index (κ1) is 16.3. The van der Waals surface area contributed by atoms with Gasteiger partial charge in [-0.2, -0.15) is 0 Å². The van der Waals surface area contributed by atoms with Gasteiger partial charge in [0, 0.05) is 10.7 Å². The van der Waals surface area contributed by atoms with E-state index in [4.69, 9.17) is 16.3 Å². The van der Waals surface area contributed by atoms with Crippen molar-refractivity contribution >= 4 is 34.8 Å². The van der Waals surface area contributed by atoms with E-state index in [0.717, 1.165) is 11.1 Å². The van der Waals surface area contributed by atoms with Crippen LogP contribution in [0.25, 0.3) is 0 Å². The Morgan fingerprint density at radius 3 is 2.67 bits per heavy atom. The number of ether oxygens (including phenoxy) is 1. The average Bonchev–Trinajstić information content (AvgIpc) is 2.52. The molecule has 0 bridgehead atoms. The maximum Gasteiger partial charge on any atom is 0.278 e. The molecular formula is C18H17ClN2O3. The number of carbonyl (C=O) groups excluding carboxylic acids is 2. The molecule has 2 aromatic carbocycles. The first-order chi connectivity index (χ1) is 11.3. The molecule has 1 unspecified atom stereocenters. The second kappa shape index (κ2) is 5.83. The second-order valence-electron chi connectivity index (χ2n) is 6.01. The molecule has 2 N–H and O–H groups in total. The van der Waals surface area contributed by atoms with Gasteiger partial charge in [0.05, 0.1) is 5.69 Å². The summed E-state index contributed by atoms with van der Waals surface area (Å²) in [5, 5.41) is 5.95. The van der Waals surface area contributed by atoms with Gasteiger partial charge in [-0.25, -0.2) is 0 Å². The highest BCUT2D eigenvalue weighted by molar-refractivity contribution is 6.31. The number of carbonyl (C=O) groups is 2. The molecule has 3 rings (SSSR count). The minimum atomic E-state index is -1.67. The van der Waals surface area contributed by atoms with Gasteiger partial charge in [-0.15, -0.1) is 0 Å². The SMILES string of the molecule is Cc1ccc2c(c1)NC(=O)C(C)(C(=O)Nc1ccc(C)c(Cl)c1)O2. The number of hydrogen-bond acceptors (Lipinski definition) is 3. The Kier molecular flexibility index (Phi) is 3.97. The molecule has 0 radical (unpaired) electrons. The van der Waals surface area contributed by atoms with Crippen LogP contribution >= 0.6 is 11.6 Å². The van der Waals surface area contributed by atoms with E-state index in [2.05, 4.69) is 10.6 Å². The molecule has 0 saturated heterocycles. The molecule has 2 amide bonds. The van der Waals surface area contributed by atoms with Crippen LogP contribution in [0.1, 0.15) is 18.1 Å². The predicted octanol–water partition coefficient (Wildman–Crippen LogP) is 3.69. The first-order valence-electron chi connectivity index (χ1n) is 7.48. The van der Waals surface area contributed by atoms with Crippen LogP contribution in [0.4, 0.5) is 11.4 Å². The molecule has 1 atom stereocenters. The molecule has 0 saturated carbocycles. The lowest BCUT2D eigenvalue weighted by Gasteiger charge is -2.33. The Morgan fingerprint density at radius 1 is 1.21 bits per heavy atom. The molecule has 124 valence electrons. The van der Waals surface area contributed by atoms with Gasteiger partial charge in [-0.05, 0) is 56.2 Å². The molecule has 1 aliphatic heterocycles. The number of amides is 2. The molecule has 0 aliphatic carbocycles. The van der Waals surface area contributed by atoms with E-state index in [9.17, 15) is 9.59 Å². The van der Waals surface area contributed by atoms with Gasteiger partial charge in [0.2, 0.25) is 0 Å². The molecule has 1 heterocycles. The molecule has 5 nitrogen and oxygen atoms in total. The van der Waals surface area contributed by atoms with Crippen molar-refractivity contribution in [2.75, 3.05) is 10.6 Å². The van der Waals surface area contributed by atoms with Crippen LogP contribution in [-0.2, 0) is 9.59 Å². The molecule has 0 fully saturated rings. The largest absolute Gasteiger partial charge is 0.466 e. The number of hydrogen-bond donors (Lipinski definition) is 2. The number of rotatable bonds is 2. The zero-order valence-corrected chi connectivity index (χ0v) is 14.3. The van der Waals surface area contributed by atoms with Crippen molar-refractivity contribution in [1.29, 1.82) is 0 Å². The first-order valence-corrected chi connectivity index (χ1v) is 7.86. The Labute approximate surface area is 145 Å². The lowest BCUT2D eigenvalue weighted by Crippen LogP contribution is -2.56. The van der Waals surface area contributed by atoms with Gasteiger partial charge in [0.25, 0.3) is 17.4 Å². The smallest absolute Gasteiger partial charge is 0.278 e. The van der Waals surface area contributed by atoms with Crippen LogP contribution in [0.5, 0.6) is 5.75 Å². The Balaban J connectivity index is 1.87. The van der Waals surface area contributed by atoms with E-state index in [-0.39, 0.29) is 0 Å². The van der Waals surface area contributed by atoms with Crippen LogP contribution < -0.4 is 15.4 Å². The van der Waals surface area contributed by atoms with Crippen LogP contribution in [-0.4, -0.2) is 17.4 Å². The second-order valence-corrected chi connectivity index (χ2v) is 6.41. The lowest BCUT2D eigenvalue weighted by molar-refractivity contribution is -0.143. The number of benzene rings is 2. The van der Waals surface area contributed by atoms with E-state index in [1.54, 1.807) is 30.3 Å². The number of halogens is 1. The van der Waals surface area contributed by atoms with Crippen LogP contribution in [0.2, 0.25) is 5.02 Å². The molecular weight excluding hydrogens is 328 g/mol. The molecule has 24 heavy (non-hydrogen) atoms. The molecule has 2 aromatic rings. The summed E-state index contributed by atoms with van der Waals surface area (Å²) in [6, 6.07) is 10.5. The topological polar surface area (TPSA) is 67.4 Å². The highest BCUT2D eigenvalue weighted by Gasteiger charge is 2.47. The van der Waals surface area contributed by atoms with Crippen LogP contribution in [0.15, 0.2) is 36.4 Å². The third-order valence-corrected chi connectivity index (χ3v) is 4.40. The zero-order chi connectivity index (χ0) is 17.5. The third kappa shape index (κ3) is 2.83. The fraction of sp³-hybridized carbons (Fsp3) is 0.222. The molecule has 1 aliphatic rings. The van der Waals surface area contributed by atoms with Crippen molar-refractivity contribution in [3.8, 4) is 5.75 Å². The standard InChI is InChI=1S/C18H17ClN2O3/c1-10-4-7-15-14(8-10)21-17(23)18(3,24-15)16(22)20-12-6-5-11(2)13(19)9-12/h4-9H,1-3H3,(H,20,22)(H,21,23). The Hall–Kier alpha value is -2.53. The van der Waals surface area contributed by atoms with Crippen molar-refractivity contribution in [2.45, 2.75) is 26.4 Å². The van der Waals surface area contributed by atoms with Crippen molar-refractivity contribution in [1.82, 2.24) is 0 Å². The highest BCUT2D eigenvalue weighted by Crippen LogP contribution is 2.35. The van der Waals surface area contributed by atoms with Crippen LogP contribution in [0.3, 0.4) is 0 Å². The normalized spacial score (nSPS) is 19.1. The molecule has 6 heteroatoms. The van der Waals surface area contributed by atoms with E-state index < -0.39 is 17.4 Å². The van der Waals surface area contributed by atoms with E-state index >= 15 is 0 Å². The van der Waals surface area contributed by atoms with Crippen LogP contribution in [0, 0.1) is 13.8 Å². The summed E-state index contributed by atoms with van der Waals surface area (Å²) in [5.41, 5.74) is 1.28. The van der Waals surface area contributed by atoms with E-state index in [0.29, 0.717) is 22.1 Å². The lowest BCUT2D eigenvalue weighted by atomic mass is 10.0. The van der Waals surface area contributed by atoms with Gasteiger partial charge < -0.3 is 15.4 Å². The quantitative estimate of drug-likeness (QED) is 0.816. The summed E-state index contributed by atoms with van der Waals surface area (Å²) in [6.07, 6.45) is 0. The van der Waals surface area contributed by atoms with Gasteiger partial charge in [-0.3, -0.25) is 9.59 Å². The average molecular weight is 345 g/mol. The Morgan fingerprint density at radius 2 is 1.96 bits per heavy atom. The number of aryl methyl sites for hydroxylation is 2. The van der Waals surface area contributed by atoms with Gasteiger partial charge >= 0.3 is 0 Å². The summed E-state index contributed by atoms with van der Waals surface area (Å²) in [6.45, 7) is 5.22. The number of anilines is 2. The summed E-state index contributed by atoms with van der Waals surface area (Å²) in [7, 11) is 0. The van der Waals surface area contributed by atoms with Gasteiger partial charge in [-0.1, -0.05) is 23.7 Å². The minimum absolute atomic E-state index is 0.458. The fourth-order valence-corrected chi connectivity index (χ4v) is 2.59. The highest BCUT2D eigenvalue weighted by atomic mass is 35.5. The summed E-state index contributed by atoms with van der Waals surface area (Å²) < 4.78 is 5.72. The summed E-state index contributed by atoms with van der Waals surface area (Å²) in [5.74, 6) is -0.623. The minimum Gasteiger partial charge on any atom is -0.466 e. The number of fused-ring (bicyclic) bond motifs is 1. The zero-order valence-electron chi connectivity index (χ0n) is 13.6. The van der Waals surface area contributed by atoms with E-state index in [1.165, 1.54) is 6.92 Å². The maximum absolute atomic E-state index is 12.6. The summed E-state index contributed by atoms with van der Waals surface area (Å²) >= 11 is 6.07. The van der Waals surface area contributed by atoms with E-state index in [1.807, 2.05) is 19.9 Å². The maximum atomic E-state index is 12.6. The molecule has 0 aromatic heterocycles. The van der Waals surface area contributed by atoms with Crippen molar-refractivity contribution in [3.63, 3.8) is 0 Å².